The zero-order valence-corrected chi connectivity index (χ0v) is 11.7. The highest BCUT2D eigenvalue weighted by Crippen LogP contribution is 2.32. The van der Waals surface area contributed by atoms with Crippen LogP contribution in [0.2, 0.25) is 0 Å². The Kier molecular flexibility index (Phi) is 3.16. The molecule has 3 rings (SSSR count). The molecule has 0 amide bonds. The molecule has 2 aromatic carbocycles. The van der Waals surface area contributed by atoms with Crippen LogP contribution in [-0.4, -0.2) is 29.2 Å². The van der Waals surface area contributed by atoms with Gasteiger partial charge in [-0.3, -0.25) is 5.10 Å². The summed E-state index contributed by atoms with van der Waals surface area (Å²) < 4.78 is 0. The highest BCUT2D eigenvalue weighted by molar-refractivity contribution is 6.01. The van der Waals surface area contributed by atoms with E-state index in [-0.39, 0.29) is 0 Å². The largest absolute Gasteiger partial charge is 0.398 e. The number of hydrogen-bond donors (Lipinski definition) is 2. The van der Waals surface area contributed by atoms with E-state index in [9.17, 15) is 0 Å². The normalized spacial score (nSPS) is 11.3. The second kappa shape index (κ2) is 4.98. The number of nitrogens with two attached hydrogens (primary N) is 1. The minimum atomic E-state index is 0.755. The maximum atomic E-state index is 6.12. The van der Waals surface area contributed by atoms with Crippen LogP contribution in [0.5, 0.6) is 0 Å². The van der Waals surface area contributed by atoms with Crippen molar-refractivity contribution in [1.82, 2.24) is 15.1 Å². The van der Waals surface area contributed by atoms with Gasteiger partial charge in [0.1, 0.15) is 5.69 Å². The molecule has 4 heteroatoms. The molecule has 0 aliphatic rings. The maximum Gasteiger partial charge on any atom is 0.102 e. The summed E-state index contributed by atoms with van der Waals surface area (Å²) in [6, 6.07) is 14.2. The quantitative estimate of drug-likeness (QED) is 0.717. The number of fused-ring (bicyclic) bond motifs is 1. The molecule has 20 heavy (non-hydrogen) atoms. The second-order valence-corrected chi connectivity index (χ2v) is 5.24. The molecule has 0 fully saturated rings. The summed E-state index contributed by atoms with van der Waals surface area (Å²) in [5.74, 6) is 0. The molecular weight excluding hydrogens is 248 g/mol. The van der Waals surface area contributed by atoms with Gasteiger partial charge >= 0.3 is 0 Å². The molecule has 0 aliphatic carbocycles. The molecule has 0 bridgehead atoms. The van der Waals surface area contributed by atoms with Crippen LogP contribution < -0.4 is 5.73 Å². The van der Waals surface area contributed by atoms with E-state index in [1.165, 1.54) is 5.56 Å². The Balaban J connectivity index is 2.21. The molecule has 3 N–H and O–H groups in total. The minimum absolute atomic E-state index is 0.755. The van der Waals surface area contributed by atoms with E-state index in [1.807, 2.05) is 24.3 Å². The van der Waals surface area contributed by atoms with Gasteiger partial charge in [0, 0.05) is 17.8 Å². The molecule has 0 unspecified atom stereocenters. The topological polar surface area (TPSA) is 57.9 Å². The lowest BCUT2D eigenvalue weighted by molar-refractivity contribution is 0.403. The Morgan fingerprint density at radius 1 is 1.10 bits per heavy atom. The lowest BCUT2D eigenvalue weighted by atomic mass is 10.0. The fraction of sp³-hybridized carbons (Fsp3) is 0.188. The lowest BCUT2D eigenvalue weighted by Gasteiger charge is -2.13. The molecule has 4 nitrogen and oxygen atoms in total. The predicted octanol–water partition coefficient (Wildman–Crippen LogP) is 2.87. The number of rotatable bonds is 3. The molecule has 0 radical (unpaired) electrons. The van der Waals surface area contributed by atoms with E-state index >= 15 is 0 Å². The Morgan fingerprint density at radius 2 is 1.90 bits per heavy atom. The first-order chi connectivity index (χ1) is 9.66. The van der Waals surface area contributed by atoms with Crippen LogP contribution in [0.15, 0.2) is 42.5 Å². The van der Waals surface area contributed by atoms with Crippen molar-refractivity contribution < 1.29 is 0 Å². The van der Waals surface area contributed by atoms with Crippen LogP contribution in [0, 0.1) is 0 Å². The van der Waals surface area contributed by atoms with Gasteiger partial charge < -0.3 is 10.6 Å². The molecular formula is C16H18N4. The monoisotopic (exact) mass is 266 g/mol. The van der Waals surface area contributed by atoms with Crippen LogP contribution >= 0.6 is 0 Å². The molecule has 102 valence electrons. The Bertz CT molecular complexity index is 743. The van der Waals surface area contributed by atoms with Gasteiger partial charge in [0.25, 0.3) is 0 Å². The standard InChI is InChI=1S/C16H18N4/c1-20(2)10-11-6-3-4-7-12(11)16-15-13(17)8-5-9-14(15)18-19-16/h3-9H,10,17H2,1-2H3,(H,18,19). The third-order valence-electron chi connectivity index (χ3n) is 3.38. The van der Waals surface area contributed by atoms with Crippen LogP contribution in [-0.2, 0) is 6.54 Å². The van der Waals surface area contributed by atoms with Crippen molar-refractivity contribution in [3.8, 4) is 11.3 Å². The number of anilines is 1. The predicted molar refractivity (Wildman–Crippen MR) is 83.3 cm³/mol. The van der Waals surface area contributed by atoms with E-state index in [0.717, 1.165) is 34.4 Å². The van der Waals surface area contributed by atoms with Crippen molar-refractivity contribution in [2.24, 2.45) is 0 Å². The third kappa shape index (κ3) is 2.14. The minimum Gasteiger partial charge on any atom is -0.398 e. The number of nitrogen functional groups attached to an aromatic ring is 1. The maximum absolute atomic E-state index is 6.12. The summed E-state index contributed by atoms with van der Waals surface area (Å²) in [5.41, 5.74) is 11.1. The summed E-state index contributed by atoms with van der Waals surface area (Å²) in [4.78, 5) is 2.15. The molecule has 0 aliphatic heterocycles. The lowest BCUT2D eigenvalue weighted by Crippen LogP contribution is -2.11. The fourth-order valence-electron chi connectivity index (χ4n) is 2.52. The first kappa shape index (κ1) is 12.7. The summed E-state index contributed by atoms with van der Waals surface area (Å²) in [6.07, 6.45) is 0. The number of nitrogens with zero attached hydrogens (tertiary/aromatic N) is 2. The van der Waals surface area contributed by atoms with E-state index < -0.39 is 0 Å². The van der Waals surface area contributed by atoms with Gasteiger partial charge in [-0.05, 0) is 31.8 Å². The number of nitrogens with one attached hydrogen (secondary N) is 1. The van der Waals surface area contributed by atoms with Crippen LogP contribution in [0.25, 0.3) is 22.2 Å². The fourth-order valence-corrected chi connectivity index (χ4v) is 2.52. The highest BCUT2D eigenvalue weighted by atomic mass is 15.1. The van der Waals surface area contributed by atoms with Crippen LogP contribution in [0.1, 0.15) is 5.56 Å². The second-order valence-electron chi connectivity index (χ2n) is 5.24. The van der Waals surface area contributed by atoms with Gasteiger partial charge in [-0.15, -0.1) is 0 Å². The van der Waals surface area contributed by atoms with Crippen molar-refractivity contribution in [3.05, 3.63) is 48.0 Å². The number of aromatic amines is 1. The Hall–Kier alpha value is -2.33. The zero-order valence-electron chi connectivity index (χ0n) is 11.7. The number of benzene rings is 2. The first-order valence-electron chi connectivity index (χ1n) is 6.62. The van der Waals surface area contributed by atoms with E-state index in [4.69, 9.17) is 5.73 Å². The van der Waals surface area contributed by atoms with Crippen molar-refractivity contribution in [2.75, 3.05) is 19.8 Å². The van der Waals surface area contributed by atoms with Gasteiger partial charge in [0.05, 0.1) is 10.9 Å². The van der Waals surface area contributed by atoms with Crippen LogP contribution in [0.4, 0.5) is 5.69 Å². The van der Waals surface area contributed by atoms with Gasteiger partial charge in [0.15, 0.2) is 0 Å². The first-order valence-corrected chi connectivity index (χ1v) is 6.62. The number of hydrogen-bond acceptors (Lipinski definition) is 3. The van der Waals surface area contributed by atoms with Crippen molar-refractivity contribution in [1.29, 1.82) is 0 Å². The zero-order chi connectivity index (χ0) is 14.1. The van der Waals surface area contributed by atoms with E-state index in [0.29, 0.717) is 0 Å². The molecule has 1 heterocycles. The summed E-state index contributed by atoms with van der Waals surface area (Å²) in [5, 5.41) is 8.53. The Labute approximate surface area is 118 Å². The van der Waals surface area contributed by atoms with Gasteiger partial charge in [-0.1, -0.05) is 30.3 Å². The smallest absolute Gasteiger partial charge is 0.102 e. The van der Waals surface area contributed by atoms with Crippen molar-refractivity contribution >= 4 is 16.6 Å². The summed E-state index contributed by atoms with van der Waals surface area (Å²) in [6.45, 7) is 0.872. The average molecular weight is 266 g/mol. The molecule has 0 spiro atoms. The number of aromatic nitrogens is 2. The third-order valence-corrected chi connectivity index (χ3v) is 3.38. The van der Waals surface area contributed by atoms with Gasteiger partial charge in [-0.2, -0.15) is 5.10 Å². The molecule has 0 saturated heterocycles. The van der Waals surface area contributed by atoms with Crippen LogP contribution in [0.3, 0.4) is 0 Å². The highest BCUT2D eigenvalue weighted by Gasteiger charge is 2.13. The Morgan fingerprint density at radius 3 is 2.70 bits per heavy atom. The van der Waals surface area contributed by atoms with E-state index in [2.05, 4.69) is 47.4 Å². The summed E-state index contributed by atoms with van der Waals surface area (Å²) >= 11 is 0. The number of H-pyrrole nitrogens is 1. The molecule has 3 aromatic rings. The molecule has 0 atom stereocenters. The van der Waals surface area contributed by atoms with E-state index in [1.54, 1.807) is 0 Å². The molecule has 0 saturated carbocycles. The SMILES string of the molecule is CN(C)Cc1ccccc1-c1n[nH]c2cccc(N)c12. The molecule has 1 aromatic heterocycles. The van der Waals surface area contributed by atoms with Crippen molar-refractivity contribution in [3.63, 3.8) is 0 Å². The van der Waals surface area contributed by atoms with Crippen molar-refractivity contribution in [2.45, 2.75) is 6.54 Å². The van der Waals surface area contributed by atoms with Gasteiger partial charge in [-0.25, -0.2) is 0 Å². The average Bonchev–Trinajstić information content (AvgIpc) is 2.84. The van der Waals surface area contributed by atoms with Gasteiger partial charge in [0.2, 0.25) is 0 Å². The summed E-state index contributed by atoms with van der Waals surface area (Å²) in [7, 11) is 4.13.